The van der Waals surface area contributed by atoms with E-state index in [0.717, 1.165) is 29.2 Å². The molecule has 1 saturated heterocycles. The third-order valence-electron chi connectivity index (χ3n) is 2.39. The third kappa shape index (κ3) is 2.37. The van der Waals surface area contributed by atoms with Gasteiger partial charge in [-0.1, -0.05) is 18.2 Å². The van der Waals surface area contributed by atoms with Crippen LogP contribution in [0, 0.1) is 0 Å². The Labute approximate surface area is 96.9 Å². The summed E-state index contributed by atoms with van der Waals surface area (Å²) < 4.78 is 17.3. The summed E-state index contributed by atoms with van der Waals surface area (Å²) in [6.07, 6.45) is 1.06. The minimum atomic E-state index is -0.758. The van der Waals surface area contributed by atoms with Gasteiger partial charge in [-0.2, -0.15) is 0 Å². The van der Waals surface area contributed by atoms with Crippen LogP contribution in [0.1, 0.15) is 16.6 Å². The highest BCUT2D eigenvalue weighted by Crippen LogP contribution is 2.40. The number of rotatable bonds is 2. The fraction of sp³-hybridized carbons (Fsp3) is 0.455. The highest BCUT2D eigenvalue weighted by atomic mass is 32.2. The Balaban J connectivity index is 2.30. The summed E-state index contributed by atoms with van der Waals surface area (Å²) in [6, 6.07) is 7.87. The molecule has 1 aliphatic heterocycles. The molecule has 2 rings (SSSR count). The van der Waals surface area contributed by atoms with E-state index < -0.39 is 10.8 Å². The molecular formula is C11H14O2S2. The number of hydrogen-bond acceptors (Lipinski definition) is 3. The Kier molecular flexibility index (Phi) is 3.70. The molecular weight excluding hydrogens is 228 g/mol. The topological polar surface area (TPSA) is 26.3 Å². The average Bonchev–Trinajstić information content (AvgIpc) is 2.30. The van der Waals surface area contributed by atoms with E-state index >= 15 is 0 Å². The largest absolute Gasteiger partial charge is 0.496 e. The maximum absolute atomic E-state index is 11.9. The van der Waals surface area contributed by atoms with E-state index in [1.807, 2.05) is 24.3 Å². The second kappa shape index (κ2) is 5.03. The molecule has 0 aromatic heterocycles. The molecule has 2 atom stereocenters. The summed E-state index contributed by atoms with van der Waals surface area (Å²) in [5.74, 6) is 2.76. The van der Waals surface area contributed by atoms with Gasteiger partial charge in [-0.15, -0.1) is 11.8 Å². The van der Waals surface area contributed by atoms with Gasteiger partial charge in [0.05, 0.1) is 7.11 Å². The van der Waals surface area contributed by atoms with E-state index in [1.165, 1.54) is 0 Å². The van der Waals surface area contributed by atoms with Crippen molar-refractivity contribution in [3.63, 3.8) is 0 Å². The molecule has 0 bridgehead atoms. The number of para-hydroxylation sites is 1. The zero-order chi connectivity index (χ0) is 10.7. The first kappa shape index (κ1) is 11.0. The second-order valence-electron chi connectivity index (χ2n) is 3.38. The van der Waals surface area contributed by atoms with Crippen LogP contribution in [0.15, 0.2) is 24.3 Å². The Morgan fingerprint density at radius 3 is 3.00 bits per heavy atom. The lowest BCUT2D eigenvalue weighted by Crippen LogP contribution is -2.14. The number of benzene rings is 1. The highest BCUT2D eigenvalue weighted by molar-refractivity contribution is 8.11. The van der Waals surface area contributed by atoms with Gasteiger partial charge < -0.3 is 4.74 Å². The van der Waals surface area contributed by atoms with Crippen LogP contribution in [0.4, 0.5) is 0 Å². The van der Waals surface area contributed by atoms with Crippen molar-refractivity contribution in [2.45, 2.75) is 11.0 Å². The number of hydrogen-bond donors (Lipinski definition) is 0. The van der Waals surface area contributed by atoms with Gasteiger partial charge in [0.25, 0.3) is 0 Å². The molecule has 0 spiro atoms. The van der Waals surface area contributed by atoms with Crippen molar-refractivity contribution in [1.82, 2.24) is 0 Å². The average molecular weight is 242 g/mol. The molecule has 1 aromatic carbocycles. The Morgan fingerprint density at radius 1 is 1.47 bits per heavy atom. The fourth-order valence-corrected chi connectivity index (χ4v) is 5.05. The van der Waals surface area contributed by atoms with Gasteiger partial charge in [0.1, 0.15) is 10.3 Å². The molecule has 0 aliphatic carbocycles. The van der Waals surface area contributed by atoms with Crippen molar-refractivity contribution in [2.75, 3.05) is 18.6 Å². The van der Waals surface area contributed by atoms with Gasteiger partial charge >= 0.3 is 0 Å². The monoisotopic (exact) mass is 242 g/mol. The van der Waals surface area contributed by atoms with Crippen molar-refractivity contribution in [1.29, 1.82) is 0 Å². The molecule has 1 heterocycles. The van der Waals surface area contributed by atoms with Crippen LogP contribution in [0.3, 0.4) is 0 Å². The normalized spacial score (nSPS) is 26.2. The number of ether oxygens (including phenoxy) is 1. The minimum Gasteiger partial charge on any atom is -0.496 e. The first-order valence-electron chi connectivity index (χ1n) is 4.94. The van der Waals surface area contributed by atoms with E-state index in [2.05, 4.69) is 0 Å². The van der Waals surface area contributed by atoms with Crippen LogP contribution in [0.5, 0.6) is 5.75 Å². The highest BCUT2D eigenvalue weighted by Gasteiger charge is 2.25. The molecule has 1 fully saturated rings. The maximum Gasteiger partial charge on any atom is 0.124 e. The number of methoxy groups -OCH3 is 1. The lowest BCUT2D eigenvalue weighted by Gasteiger charge is -2.22. The number of thioether (sulfide) groups is 1. The van der Waals surface area contributed by atoms with Gasteiger partial charge in [-0.05, 0) is 18.2 Å². The van der Waals surface area contributed by atoms with Gasteiger partial charge in [0.15, 0.2) is 0 Å². The quantitative estimate of drug-likeness (QED) is 0.797. The summed E-state index contributed by atoms with van der Waals surface area (Å²) in [7, 11) is 0.904. The molecule has 0 N–H and O–H groups in total. The molecule has 0 unspecified atom stereocenters. The zero-order valence-electron chi connectivity index (χ0n) is 8.64. The van der Waals surface area contributed by atoms with Gasteiger partial charge in [-0.25, -0.2) is 0 Å². The van der Waals surface area contributed by atoms with Gasteiger partial charge in [0, 0.05) is 22.1 Å². The second-order valence-corrected chi connectivity index (χ2v) is 6.54. The zero-order valence-corrected chi connectivity index (χ0v) is 10.3. The van der Waals surface area contributed by atoms with Crippen molar-refractivity contribution in [3.8, 4) is 5.75 Å². The van der Waals surface area contributed by atoms with Crippen LogP contribution >= 0.6 is 11.8 Å². The molecule has 2 nitrogen and oxygen atoms in total. The third-order valence-corrected chi connectivity index (χ3v) is 5.95. The molecule has 15 heavy (non-hydrogen) atoms. The Hall–Kier alpha value is -0.480. The fourth-order valence-electron chi connectivity index (χ4n) is 1.67. The van der Waals surface area contributed by atoms with Crippen LogP contribution in [0.25, 0.3) is 0 Å². The first-order valence-corrected chi connectivity index (χ1v) is 7.37. The van der Waals surface area contributed by atoms with Crippen molar-refractivity contribution in [2.24, 2.45) is 0 Å². The molecule has 0 radical (unpaired) electrons. The Bertz CT molecular complexity index is 365. The maximum atomic E-state index is 11.9. The lowest BCUT2D eigenvalue weighted by molar-refractivity contribution is 0.411. The van der Waals surface area contributed by atoms with Gasteiger partial charge in [0.2, 0.25) is 0 Å². The Morgan fingerprint density at radius 2 is 2.27 bits per heavy atom. The minimum absolute atomic E-state index is 0.0925. The van der Waals surface area contributed by atoms with Crippen LogP contribution < -0.4 is 4.74 Å². The van der Waals surface area contributed by atoms with E-state index in [-0.39, 0.29) is 4.58 Å². The summed E-state index contributed by atoms with van der Waals surface area (Å²) in [4.78, 5) is 0. The van der Waals surface area contributed by atoms with E-state index in [4.69, 9.17) is 4.74 Å². The van der Waals surface area contributed by atoms with Gasteiger partial charge in [-0.3, -0.25) is 4.21 Å². The molecule has 4 heteroatoms. The standard InChI is InChI=1S/C11H14O2S2/c1-13-10-6-3-2-5-9(10)11-14-7-4-8-15(11)12/h2-3,5-6,11H,4,7-8H2,1H3/t11-,15-/m0/s1. The summed E-state index contributed by atoms with van der Waals surface area (Å²) in [6.45, 7) is 0. The predicted molar refractivity (Wildman–Crippen MR) is 65.8 cm³/mol. The summed E-state index contributed by atoms with van der Waals surface area (Å²) >= 11 is 1.77. The van der Waals surface area contributed by atoms with Crippen molar-refractivity contribution in [3.05, 3.63) is 29.8 Å². The molecule has 1 aromatic rings. The van der Waals surface area contributed by atoms with E-state index in [9.17, 15) is 4.21 Å². The molecule has 0 saturated carbocycles. The smallest absolute Gasteiger partial charge is 0.124 e. The molecule has 0 amide bonds. The van der Waals surface area contributed by atoms with Crippen LogP contribution in [0.2, 0.25) is 0 Å². The van der Waals surface area contributed by atoms with E-state index in [1.54, 1.807) is 18.9 Å². The lowest BCUT2D eigenvalue weighted by atomic mass is 10.2. The SMILES string of the molecule is COc1ccccc1[C@H]1SCCC[S@@]1=O. The first-order chi connectivity index (χ1) is 7.33. The van der Waals surface area contributed by atoms with Crippen molar-refractivity contribution >= 4 is 22.6 Å². The van der Waals surface area contributed by atoms with Crippen LogP contribution in [-0.4, -0.2) is 22.8 Å². The van der Waals surface area contributed by atoms with Crippen molar-refractivity contribution < 1.29 is 8.95 Å². The van der Waals surface area contributed by atoms with E-state index in [0.29, 0.717) is 0 Å². The molecule has 82 valence electrons. The predicted octanol–water partition coefficient (Wildman–Crippen LogP) is 2.58. The summed E-state index contributed by atoms with van der Waals surface area (Å²) in [5, 5.41) is 0. The summed E-state index contributed by atoms with van der Waals surface area (Å²) in [5.41, 5.74) is 1.07. The van der Waals surface area contributed by atoms with Crippen LogP contribution in [-0.2, 0) is 10.8 Å². The molecule has 1 aliphatic rings.